The predicted octanol–water partition coefficient (Wildman–Crippen LogP) is 14.5. The lowest BCUT2D eigenvalue weighted by molar-refractivity contribution is -0.258. The third kappa shape index (κ3) is 12.4. The number of oxime groups is 1. The number of aliphatic hydroxyl groups excluding tert-OH is 2. The standard InChI is InChI=1S/C63H78N2O7/c1-4-6-7-8-9-10-11-12-16-32-60(68)65(45-50-29-23-28-48-26-17-18-30-53(48)50)59-44-57(64-69-3)55-42-49(27-19-21-39-66)54(31-20-22-40-67)61-56-43-52(37-38-58(56)72-63(59,62(55)61)70-41-5-2)71-51-35-33-47(34-36-51)46-24-14-13-15-25-46/h5,13-15,17-18,23-26,28-30,33-38,42-43,49,54,59,61-62,66-67H,2,4,6-12,16,19-22,27,31-32,39-41,44-45H2,1,3H3/t49-,54+,59-,61+,62+,63+/m0/s1. The van der Waals surface area contributed by atoms with Gasteiger partial charge in [0.05, 0.1) is 18.2 Å². The largest absolute Gasteiger partial charge is 0.459 e. The van der Waals surface area contributed by atoms with Crippen LogP contribution in [-0.2, 0) is 20.9 Å². The summed E-state index contributed by atoms with van der Waals surface area (Å²) in [5, 5.41) is 27.2. The van der Waals surface area contributed by atoms with Crippen LogP contribution < -0.4 is 9.47 Å². The summed E-state index contributed by atoms with van der Waals surface area (Å²) >= 11 is 0. The first-order valence-corrected chi connectivity index (χ1v) is 27.1. The predicted molar refractivity (Wildman–Crippen MR) is 290 cm³/mol. The zero-order valence-corrected chi connectivity index (χ0v) is 42.9. The number of amides is 1. The summed E-state index contributed by atoms with van der Waals surface area (Å²) in [4.78, 5) is 23.3. The molecule has 8 rings (SSSR count). The van der Waals surface area contributed by atoms with Crippen molar-refractivity contribution in [1.82, 2.24) is 4.90 Å². The third-order valence-corrected chi connectivity index (χ3v) is 15.5. The zero-order valence-electron chi connectivity index (χ0n) is 42.9. The Morgan fingerprint density at radius 2 is 1.46 bits per heavy atom. The summed E-state index contributed by atoms with van der Waals surface area (Å²) in [5.41, 5.74) is 6.12. The average molecular weight is 975 g/mol. The van der Waals surface area contributed by atoms with Crippen molar-refractivity contribution in [3.05, 3.63) is 151 Å². The number of nitrogens with zero attached hydrogens (tertiary/aromatic N) is 2. The Kier molecular flexibility index (Phi) is 19.2. The highest BCUT2D eigenvalue weighted by atomic mass is 16.7. The quantitative estimate of drug-likeness (QED) is 0.0292. The van der Waals surface area contributed by atoms with Gasteiger partial charge in [0.25, 0.3) is 0 Å². The van der Waals surface area contributed by atoms with Crippen molar-refractivity contribution in [1.29, 1.82) is 0 Å². The minimum Gasteiger partial charge on any atom is -0.459 e. The van der Waals surface area contributed by atoms with Crippen molar-refractivity contribution in [3.8, 4) is 28.4 Å². The van der Waals surface area contributed by atoms with Gasteiger partial charge < -0.3 is 34.2 Å². The van der Waals surface area contributed by atoms with Crippen LogP contribution in [0.15, 0.2) is 145 Å². The van der Waals surface area contributed by atoms with Crippen molar-refractivity contribution >= 4 is 22.4 Å². The molecule has 0 unspecified atom stereocenters. The molecule has 2 aliphatic carbocycles. The molecular weight excluding hydrogens is 897 g/mol. The minimum absolute atomic E-state index is 0.0619. The molecule has 0 saturated heterocycles. The van der Waals surface area contributed by atoms with Gasteiger partial charge in [-0.25, -0.2) is 0 Å². The van der Waals surface area contributed by atoms with Crippen molar-refractivity contribution in [2.24, 2.45) is 22.9 Å². The van der Waals surface area contributed by atoms with Gasteiger partial charge >= 0.3 is 0 Å². The molecule has 9 nitrogen and oxygen atoms in total. The topological polar surface area (TPSA) is 110 Å². The summed E-state index contributed by atoms with van der Waals surface area (Å²) < 4.78 is 21.6. The molecule has 382 valence electrons. The Labute approximate surface area is 428 Å². The lowest BCUT2D eigenvalue weighted by Gasteiger charge is -2.60. The van der Waals surface area contributed by atoms with E-state index in [1.807, 2.05) is 42.5 Å². The van der Waals surface area contributed by atoms with E-state index in [1.54, 1.807) is 13.2 Å². The van der Waals surface area contributed by atoms with Gasteiger partial charge in [-0.1, -0.05) is 173 Å². The molecule has 2 N–H and O–H groups in total. The molecule has 0 radical (unpaired) electrons. The third-order valence-electron chi connectivity index (χ3n) is 15.5. The number of carbonyl (C=O) groups excluding carboxylic acids is 1. The van der Waals surface area contributed by atoms with Crippen LogP contribution in [0.3, 0.4) is 0 Å². The van der Waals surface area contributed by atoms with E-state index >= 15 is 4.79 Å². The highest BCUT2D eigenvalue weighted by Gasteiger charge is 2.65. The molecule has 1 fully saturated rings. The number of carbonyl (C=O) groups is 1. The first-order valence-electron chi connectivity index (χ1n) is 27.1. The monoisotopic (exact) mass is 975 g/mol. The Hall–Kier alpha value is -5.74. The molecule has 72 heavy (non-hydrogen) atoms. The number of hydrogen-bond donors (Lipinski definition) is 2. The number of ether oxygens (including phenoxy) is 3. The van der Waals surface area contributed by atoms with E-state index in [1.165, 1.54) is 38.5 Å². The highest BCUT2D eigenvalue weighted by Crippen LogP contribution is 2.62. The van der Waals surface area contributed by atoms with E-state index in [2.05, 4.69) is 97.3 Å². The second-order valence-electron chi connectivity index (χ2n) is 20.2. The summed E-state index contributed by atoms with van der Waals surface area (Å²) in [6.45, 7) is 7.19. The van der Waals surface area contributed by atoms with Gasteiger partial charge in [-0.05, 0) is 107 Å². The molecule has 9 heteroatoms. The highest BCUT2D eigenvalue weighted by molar-refractivity contribution is 6.03. The van der Waals surface area contributed by atoms with E-state index in [-0.39, 0.29) is 43.5 Å². The molecule has 3 aliphatic rings. The van der Waals surface area contributed by atoms with Gasteiger partial charge in [0.1, 0.15) is 30.4 Å². The molecular formula is C63H78N2O7. The van der Waals surface area contributed by atoms with Crippen LogP contribution in [0, 0.1) is 17.8 Å². The van der Waals surface area contributed by atoms with Crippen LogP contribution in [0.4, 0.5) is 0 Å². The van der Waals surface area contributed by atoms with Crippen LogP contribution in [0.5, 0.6) is 17.2 Å². The molecule has 0 aromatic heterocycles. The van der Waals surface area contributed by atoms with Crippen molar-refractivity contribution in [3.63, 3.8) is 0 Å². The van der Waals surface area contributed by atoms with Crippen LogP contribution in [0.2, 0.25) is 0 Å². The van der Waals surface area contributed by atoms with Crippen molar-refractivity contribution < 1.29 is 34.1 Å². The van der Waals surface area contributed by atoms with E-state index in [0.29, 0.717) is 43.7 Å². The molecule has 5 aromatic carbocycles. The molecule has 1 saturated carbocycles. The maximum Gasteiger partial charge on any atom is 0.239 e. The summed E-state index contributed by atoms with van der Waals surface area (Å²) in [6.07, 6.45) is 20.2. The fraction of sp³-hybridized carbons (Fsp3) is 0.460. The van der Waals surface area contributed by atoms with Gasteiger partial charge in [-0.3, -0.25) is 4.79 Å². The normalized spacial score (nSPS) is 21.6. The van der Waals surface area contributed by atoms with E-state index in [0.717, 1.165) is 95.0 Å². The SMILES string of the molecule is C=CCO[C@@]12Oc3ccc(Oc4ccc(-c5ccccc5)cc4)cc3[C@H]3[C@H](CCCCO)[C@@H](CCCCO)C=C(C(=NOC)C[C@@H]1N(Cc1cccc4ccccc14)C(=O)CCCCCCCCCCC)[C@H]32. The van der Waals surface area contributed by atoms with Crippen LogP contribution in [0.1, 0.15) is 133 Å². The van der Waals surface area contributed by atoms with Gasteiger partial charge in [-0.15, -0.1) is 6.58 Å². The molecule has 1 heterocycles. The first kappa shape index (κ1) is 52.6. The number of unbranched alkanes of at least 4 members (excludes halogenated alkanes) is 10. The van der Waals surface area contributed by atoms with Gasteiger partial charge in [0.2, 0.25) is 11.7 Å². The van der Waals surface area contributed by atoms with Crippen LogP contribution >= 0.6 is 0 Å². The van der Waals surface area contributed by atoms with Crippen LogP contribution in [-0.4, -0.2) is 65.5 Å². The second kappa shape index (κ2) is 26.3. The smallest absolute Gasteiger partial charge is 0.239 e. The second-order valence-corrected chi connectivity index (χ2v) is 20.2. The van der Waals surface area contributed by atoms with E-state index in [4.69, 9.17) is 24.2 Å². The minimum atomic E-state index is -1.36. The van der Waals surface area contributed by atoms with Crippen molar-refractivity contribution in [2.75, 3.05) is 26.9 Å². The Morgan fingerprint density at radius 3 is 2.19 bits per heavy atom. The number of allylic oxidation sites excluding steroid dienone is 1. The Morgan fingerprint density at radius 1 is 0.778 bits per heavy atom. The maximum absolute atomic E-state index is 15.4. The number of rotatable bonds is 28. The molecule has 1 aliphatic heterocycles. The Balaban J connectivity index is 1.24. The molecule has 0 bridgehead atoms. The molecule has 1 amide bonds. The summed E-state index contributed by atoms with van der Waals surface area (Å²) in [6, 6.07) is 38.8. The number of hydrogen-bond acceptors (Lipinski definition) is 8. The van der Waals surface area contributed by atoms with Gasteiger partial charge in [0, 0.05) is 44.1 Å². The molecule has 5 aromatic rings. The van der Waals surface area contributed by atoms with Gasteiger partial charge in [-0.2, -0.15) is 0 Å². The lowest BCUT2D eigenvalue weighted by atomic mass is 9.55. The summed E-state index contributed by atoms with van der Waals surface area (Å²) in [5.74, 6) is 0.438. The fourth-order valence-corrected chi connectivity index (χ4v) is 12.0. The lowest BCUT2D eigenvalue weighted by Crippen LogP contribution is -2.70. The number of fused-ring (bicyclic) bond motifs is 3. The number of aliphatic hydroxyl groups is 2. The van der Waals surface area contributed by atoms with Crippen molar-refractivity contribution in [2.45, 2.75) is 140 Å². The summed E-state index contributed by atoms with van der Waals surface area (Å²) in [7, 11) is 1.60. The number of benzene rings is 5. The van der Waals surface area contributed by atoms with Crippen LogP contribution in [0.25, 0.3) is 21.9 Å². The Bertz CT molecular complexity index is 2570. The fourth-order valence-electron chi connectivity index (χ4n) is 12.0. The maximum atomic E-state index is 15.4. The van der Waals surface area contributed by atoms with E-state index in [9.17, 15) is 10.2 Å². The van der Waals surface area contributed by atoms with Gasteiger partial charge in [0.15, 0.2) is 0 Å². The zero-order chi connectivity index (χ0) is 50.1. The average Bonchev–Trinajstić information content (AvgIpc) is 3.41. The van der Waals surface area contributed by atoms with E-state index < -0.39 is 17.7 Å². The molecule has 6 atom stereocenters. The first-order chi connectivity index (χ1) is 35.4. The molecule has 0 spiro atoms.